The molecule has 2 aliphatic heterocycles. The highest BCUT2D eigenvalue weighted by molar-refractivity contribution is 6.08. The maximum absolute atomic E-state index is 13.4. The summed E-state index contributed by atoms with van der Waals surface area (Å²) in [6.45, 7) is 5.01. The van der Waals surface area contributed by atoms with Crippen molar-refractivity contribution in [2.45, 2.75) is 20.0 Å². The van der Waals surface area contributed by atoms with Gasteiger partial charge in [0.05, 0.1) is 16.8 Å². The van der Waals surface area contributed by atoms with Gasteiger partial charge in [0.1, 0.15) is 11.4 Å². The van der Waals surface area contributed by atoms with Crippen molar-refractivity contribution in [2.75, 3.05) is 36.4 Å². The molecule has 1 fully saturated rings. The van der Waals surface area contributed by atoms with Crippen LogP contribution >= 0.6 is 0 Å². The lowest BCUT2D eigenvalue weighted by molar-refractivity contribution is -0.138. The molecule has 0 radical (unpaired) electrons. The van der Waals surface area contributed by atoms with Gasteiger partial charge >= 0.3 is 6.18 Å². The standard InChI is InChI=1S/C26H23F3N4O3/c1-15-13-16(2)22-20(14-15)36-24-18(23(34)31-22)7-8-21(30-24)32-9-11-33(12-10-32)25(35)17-5-3-4-6-19(17)26(27,28)29/h3-8,13-14H,9-12H2,1-2H3,(H,31,34). The van der Waals surface area contributed by atoms with Gasteiger partial charge in [-0.2, -0.15) is 18.2 Å². The van der Waals surface area contributed by atoms with Crippen LogP contribution in [0.3, 0.4) is 0 Å². The Bertz CT molecular complexity index is 1370. The molecular weight excluding hydrogens is 473 g/mol. The molecule has 36 heavy (non-hydrogen) atoms. The molecule has 0 atom stereocenters. The van der Waals surface area contributed by atoms with Crippen molar-refractivity contribution in [2.24, 2.45) is 0 Å². The van der Waals surface area contributed by atoms with Crippen LogP contribution in [-0.2, 0) is 6.18 Å². The van der Waals surface area contributed by atoms with Gasteiger partial charge < -0.3 is 19.9 Å². The normalized spacial score (nSPS) is 15.4. The van der Waals surface area contributed by atoms with Crippen molar-refractivity contribution < 1.29 is 27.5 Å². The molecule has 1 saturated heterocycles. The van der Waals surface area contributed by atoms with E-state index in [9.17, 15) is 22.8 Å². The smallest absolute Gasteiger partial charge is 0.417 e. The third-order valence-corrected chi connectivity index (χ3v) is 6.33. The number of aromatic nitrogens is 1. The summed E-state index contributed by atoms with van der Waals surface area (Å²) in [4.78, 5) is 33.5. The molecule has 5 rings (SSSR count). The first-order valence-corrected chi connectivity index (χ1v) is 11.4. The Balaban J connectivity index is 1.34. The third-order valence-electron chi connectivity index (χ3n) is 6.33. The molecule has 1 aromatic heterocycles. The Kier molecular flexibility index (Phi) is 5.82. The molecule has 3 heterocycles. The van der Waals surface area contributed by atoms with Crippen LogP contribution in [0.4, 0.5) is 24.7 Å². The van der Waals surface area contributed by atoms with Gasteiger partial charge in [0.25, 0.3) is 11.8 Å². The molecule has 2 aromatic carbocycles. The van der Waals surface area contributed by atoms with Crippen molar-refractivity contribution in [3.8, 4) is 11.6 Å². The molecule has 2 aliphatic rings. The zero-order chi connectivity index (χ0) is 25.6. The highest BCUT2D eigenvalue weighted by atomic mass is 19.4. The summed E-state index contributed by atoms with van der Waals surface area (Å²) in [7, 11) is 0. The zero-order valence-electron chi connectivity index (χ0n) is 19.6. The Hall–Kier alpha value is -4.08. The molecule has 2 amide bonds. The first kappa shape index (κ1) is 23.7. The summed E-state index contributed by atoms with van der Waals surface area (Å²) < 4.78 is 46.1. The lowest BCUT2D eigenvalue weighted by Crippen LogP contribution is -2.49. The largest absolute Gasteiger partial charge is 0.436 e. The number of benzene rings is 2. The highest BCUT2D eigenvalue weighted by Gasteiger charge is 2.36. The van der Waals surface area contributed by atoms with E-state index in [2.05, 4.69) is 10.3 Å². The van der Waals surface area contributed by atoms with Gasteiger partial charge in [0.15, 0.2) is 5.75 Å². The van der Waals surface area contributed by atoms with E-state index in [1.807, 2.05) is 30.9 Å². The molecule has 0 unspecified atom stereocenters. The number of hydrogen-bond donors (Lipinski definition) is 1. The monoisotopic (exact) mass is 496 g/mol. The fourth-order valence-corrected chi connectivity index (χ4v) is 4.54. The lowest BCUT2D eigenvalue weighted by Gasteiger charge is -2.36. The quantitative estimate of drug-likeness (QED) is 0.538. The van der Waals surface area contributed by atoms with Gasteiger partial charge in [0.2, 0.25) is 5.88 Å². The predicted molar refractivity (Wildman–Crippen MR) is 128 cm³/mol. The van der Waals surface area contributed by atoms with Gasteiger partial charge in [0, 0.05) is 26.2 Å². The van der Waals surface area contributed by atoms with Crippen LogP contribution in [0.5, 0.6) is 11.6 Å². The second kappa shape index (κ2) is 8.85. The van der Waals surface area contributed by atoms with Crippen molar-refractivity contribution in [3.63, 3.8) is 0 Å². The van der Waals surface area contributed by atoms with Gasteiger partial charge in [-0.15, -0.1) is 0 Å². The molecule has 10 heteroatoms. The summed E-state index contributed by atoms with van der Waals surface area (Å²) in [6.07, 6.45) is -4.61. The van der Waals surface area contributed by atoms with E-state index in [0.717, 1.165) is 17.2 Å². The predicted octanol–water partition coefficient (Wildman–Crippen LogP) is 5.04. The number of pyridine rings is 1. The van der Waals surface area contributed by atoms with Crippen molar-refractivity contribution in [1.29, 1.82) is 0 Å². The number of aryl methyl sites for hydroxylation is 2. The molecule has 0 spiro atoms. The molecule has 186 valence electrons. The molecule has 1 N–H and O–H groups in total. The molecular formula is C26H23F3N4O3. The molecule has 0 saturated carbocycles. The number of rotatable bonds is 2. The summed E-state index contributed by atoms with van der Waals surface area (Å²) in [5.74, 6) is 0.250. The minimum Gasteiger partial charge on any atom is -0.436 e. The van der Waals surface area contributed by atoms with E-state index < -0.39 is 17.6 Å². The summed E-state index contributed by atoms with van der Waals surface area (Å²) in [5.41, 5.74) is 1.45. The molecule has 0 aliphatic carbocycles. The summed E-state index contributed by atoms with van der Waals surface area (Å²) >= 11 is 0. The van der Waals surface area contributed by atoms with Crippen molar-refractivity contribution in [1.82, 2.24) is 9.88 Å². The molecule has 3 aromatic rings. The Morgan fingerprint density at radius 1 is 1.03 bits per heavy atom. The van der Waals surface area contributed by atoms with E-state index in [1.165, 1.54) is 23.1 Å². The number of anilines is 2. The Morgan fingerprint density at radius 2 is 1.75 bits per heavy atom. The average Bonchev–Trinajstić information content (AvgIpc) is 2.99. The van der Waals surface area contributed by atoms with E-state index in [-0.39, 0.29) is 30.4 Å². The highest BCUT2D eigenvalue weighted by Crippen LogP contribution is 2.38. The van der Waals surface area contributed by atoms with Crippen LogP contribution < -0.4 is 15.0 Å². The van der Waals surface area contributed by atoms with E-state index in [0.29, 0.717) is 35.9 Å². The van der Waals surface area contributed by atoms with Crippen LogP contribution in [-0.4, -0.2) is 47.9 Å². The minimum absolute atomic E-state index is 0.173. The number of halogens is 3. The second-order valence-electron chi connectivity index (χ2n) is 8.86. The zero-order valence-corrected chi connectivity index (χ0v) is 19.6. The summed E-state index contributed by atoms with van der Waals surface area (Å²) in [5, 5.41) is 2.88. The average molecular weight is 496 g/mol. The number of nitrogens with zero attached hydrogens (tertiary/aromatic N) is 3. The first-order chi connectivity index (χ1) is 17.1. The molecule has 0 bridgehead atoms. The van der Waals surface area contributed by atoms with Crippen LogP contribution in [0.15, 0.2) is 48.5 Å². The lowest BCUT2D eigenvalue weighted by atomic mass is 10.1. The Morgan fingerprint density at radius 3 is 2.47 bits per heavy atom. The number of amides is 2. The van der Waals surface area contributed by atoms with Crippen LogP contribution in [0.25, 0.3) is 0 Å². The Labute approximate surface area is 205 Å². The van der Waals surface area contributed by atoms with Crippen LogP contribution in [0, 0.1) is 13.8 Å². The number of carbonyl (C=O) groups excluding carboxylic acids is 2. The number of fused-ring (bicyclic) bond motifs is 2. The number of piperazine rings is 1. The van der Waals surface area contributed by atoms with Crippen molar-refractivity contribution in [3.05, 3.63) is 76.3 Å². The topological polar surface area (TPSA) is 74.8 Å². The van der Waals surface area contributed by atoms with E-state index >= 15 is 0 Å². The number of alkyl halides is 3. The number of carbonyl (C=O) groups is 2. The van der Waals surface area contributed by atoms with Gasteiger partial charge in [-0.3, -0.25) is 9.59 Å². The summed E-state index contributed by atoms with van der Waals surface area (Å²) in [6, 6.07) is 11.9. The van der Waals surface area contributed by atoms with E-state index in [4.69, 9.17) is 4.74 Å². The fourth-order valence-electron chi connectivity index (χ4n) is 4.54. The van der Waals surface area contributed by atoms with Gasteiger partial charge in [-0.1, -0.05) is 18.2 Å². The van der Waals surface area contributed by atoms with E-state index in [1.54, 1.807) is 12.1 Å². The minimum atomic E-state index is -4.61. The number of nitrogens with one attached hydrogen (secondary N) is 1. The number of ether oxygens (including phenoxy) is 1. The van der Waals surface area contributed by atoms with Crippen molar-refractivity contribution >= 4 is 23.3 Å². The van der Waals surface area contributed by atoms with Crippen LogP contribution in [0.1, 0.15) is 37.4 Å². The third kappa shape index (κ3) is 4.34. The second-order valence-corrected chi connectivity index (χ2v) is 8.86. The first-order valence-electron chi connectivity index (χ1n) is 11.4. The maximum atomic E-state index is 13.4. The molecule has 7 nitrogen and oxygen atoms in total. The fraction of sp³-hybridized carbons (Fsp3) is 0.269. The maximum Gasteiger partial charge on any atom is 0.417 e. The van der Waals surface area contributed by atoms with Gasteiger partial charge in [-0.25, -0.2) is 0 Å². The number of hydrogen-bond acceptors (Lipinski definition) is 5. The van der Waals surface area contributed by atoms with Crippen LogP contribution in [0.2, 0.25) is 0 Å². The SMILES string of the molecule is Cc1cc(C)c2c(c1)Oc1nc(N3CCN(C(=O)c4ccccc4C(F)(F)F)CC3)ccc1C(=O)N2. The van der Waals surface area contributed by atoms with Gasteiger partial charge in [-0.05, 0) is 55.3 Å².